The van der Waals surface area contributed by atoms with Gasteiger partial charge in [-0.25, -0.2) is 13.6 Å². The lowest BCUT2D eigenvalue weighted by atomic mass is 10.3. The number of quaternary nitrogens is 1. The number of hydrogen-bond acceptors (Lipinski definition) is 4. The van der Waals surface area contributed by atoms with Crippen LogP contribution in [0.4, 0.5) is 19.3 Å². The standard InChI is InChI=1S/C15H19F2N3O4/c1-3-20(9-14(22)19-15(23)24-4-2)8-13(21)18-12-7-10(16)5-6-11(12)17/h5-7H,3-4,8-9H2,1-2H3,(H,18,21)(H,19,22,23)/p+1. The zero-order chi connectivity index (χ0) is 18.1. The van der Waals surface area contributed by atoms with Crippen molar-refractivity contribution in [3.8, 4) is 0 Å². The molecule has 7 nitrogen and oxygen atoms in total. The smallest absolute Gasteiger partial charge is 0.414 e. The molecule has 0 radical (unpaired) electrons. The highest BCUT2D eigenvalue weighted by molar-refractivity contribution is 5.93. The van der Waals surface area contributed by atoms with Gasteiger partial charge in [0, 0.05) is 6.07 Å². The number of hydrogen-bond donors (Lipinski definition) is 3. The molecule has 1 unspecified atom stereocenters. The molecule has 24 heavy (non-hydrogen) atoms. The number of carbonyl (C=O) groups is 3. The first-order valence-corrected chi connectivity index (χ1v) is 7.40. The van der Waals surface area contributed by atoms with Crippen LogP contribution in [-0.2, 0) is 14.3 Å². The molecular weight excluding hydrogens is 324 g/mol. The summed E-state index contributed by atoms with van der Waals surface area (Å²) in [5, 5.41) is 4.27. The monoisotopic (exact) mass is 344 g/mol. The van der Waals surface area contributed by atoms with Crippen LogP contribution in [0.3, 0.4) is 0 Å². The molecule has 3 amide bonds. The average Bonchev–Trinajstić information content (AvgIpc) is 2.50. The van der Waals surface area contributed by atoms with E-state index in [1.54, 1.807) is 13.8 Å². The first-order valence-electron chi connectivity index (χ1n) is 7.40. The van der Waals surface area contributed by atoms with Gasteiger partial charge in [0.25, 0.3) is 11.8 Å². The van der Waals surface area contributed by atoms with Gasteiger partial charge in [-0.3, -0.25) is 14.9 Å². The van der Waals surface area contributed by atoms with Crippen LogP contribution in [0, 0.1) is 11.6 Å². The zero-order valence-corrected chi connectivity index (χ0v) is 13.4. The van der Waals surface area contributed by atoms with E-state index in [9.17, 15) is 23.2 Å². The van der Waals surface area contributed by atoms with Crippen LogP contribution in [0.5, 0.6) is 0 Å². The number of likely N-dealkylation sites (N-methyl/N-ethyl adjacent to an activating group) is 1. The van der Waals surface area contributed by atoms with E-state index in [0.717, 1.165) is 18.2 Å². The molecule has 0 fully saturated rings. The van der Waals surface area contributed by atoms with E-state index in [4.69, 9.17) is 0 Å². The van der Waals surface area contributed by atoms with Crippen molar-refractivity contribution in [2.24, 2.45) is 0 Å². The van der Waals surface area contributed by atoms with Gasteiger partial charge in [0.2, 0.25) is 0 Å². The van der Waals surface area contributed by atoms with E-state index in [-0.39, 0.29) is 25.4 Å². The summed E-state index contributed by atoms with van der Waals surface area (Å²) in [6, 6.07) is 2.71. The second-order valence-electron chi connectivity index (χ2n) is 4.90. The summed E-state index contributed by atoms with van der Waals surface area (Å²) in [7, 11) is 0. The van der Waals surface area contributed by atoms with Crippen LogP contribution < -0.4 is 15.5 Å². The van der Waals surface area contributed by atoms with Crippen LogP contribution in [0.25, 0.3) is 0 Å². The number of halogens is 2. The number of amides is 3. The topological polar surface area (TPSA) is 88.9 Å². The Bertz CT molecular complexity index is 610. The normalized spacial score (nSPS) is 11.5. The molecule has 3 N–H and O–H groups in total. The SMILES string of the molecule is CCOC(=O)NC(=O)C[NH+](CC)CC(=O)Nc1cc(F)ccc1F. The molecule has 132 valence electrons. The molecular formula is C15H20F2N3O4+. The Labute approximate surface area is 138 Å². The number of alkyl carbamates (subject to hydrolysis) is 1. The van der Waals surface area contributed by atoms with Crippen molar-refractivity contribution in [1.82, 2.24) is 5.32 Å². The molecule has 9 heteroatoms. The molecule has 1 rings (SSSR count). The first-order chi connectivity index (χ1) is 11.3. The fourth-order valence-corrected chi connectivity index (χ4v) is 1.88. The van der Waals surface area contributed by atoms with E-state index >= 15 is 0 Å². The van der Waals surface area contributed by atoms with E-state index in [0.29, 0.717) is 11.4 Å². The molecule has 0 aliphatic rings. The van der Waals surface area contributed by atoms with Crippen molar-refractivity contribution in [1.29, 1.82) is 0 Å². The van der Waals surface area contributed by atoms with Gasteiger partial charge >= 0.3 is 6.09 Å². The van der Waals surface area contributed by atoms with Gasteiger partial charge in [-0.2, -0.15) is 0 Å². The maximum absolute atomic E-state index is 13.5. The third kappa shape index (κ3) is 6.69. The minimum Gasteiger partial charge on any atom is -0.450 e. The molecule has 1 aromatic carbocycles. The number of anilines is 1. The number of benzene rings is 1. The Balaban J connectivity index is 2.55. The molecule has 0 aliphatic carbocycles. The molecule has 0 aromatic heterocycles. The van der Waals surface area contributed by atoms with Crippen molar-refractivity contribution in [3.63, 3.8) is 0 Å². The van der Waals surface area contributed by atoms with Gasteiger partial charge in [0.05, 0.1) is 18.8 Å². The summed E-state index contributed by atoms with van der Waals surface area (Å²) < 4.78 is 31.1. The molecule has 0 aliphatic heterocycles. The van der Waals surface area contributed by atoms with E-state index in [1.807, 2.05) is 5.32 Å². The Kier molecular flexibility index (Phi) is 7.76. The van der Waals surface area contributed by atoms with Gasteiger partial charge in [-0.15, -0.1) is 0 Å². The summed E-state index contributed by atoms with van der Waals surface area (Å²) in [4.78, 5) is 35.2. The van der Waals surface area contributed by atoms with Crippen molar-refractivity contribution < 1.29 is 32.8 Å². The van der Waals surface area contributed by atoms with Crippen LogP contribution >= 0.6 is 0 Å². The first kappa shape index (κ1) is 19.5. The number of rotatable bonds is 7. The van der Waals surface area contributed by atoms with Crippen molar-refractivity contribution in [3.05, 3.63) is 29.8 Å². The van der Waals surface area contributed by atoms with E-state index in [2.05, 4.69) is 10.1 Å². The summed E-state index contributed by atoms with van der Waals surface area (Å²) in [5.74, 6) is -2.63. The van der Waals surface area contributed by atoms with Crippen LogP contribution in [0.1, 0.15) is 13.8 Å². The third-order valence-corrected chi connectivity index (χ3v) is 3.04. The number of carbonyl (C=O) groups excluding carboxylic acids is 3. The highest BCUT2D eigenvalue weighted by Crippen LogP contribution is 2.14. The fraction of sp³-hybridized carbons (Fsp3) is 0.400. The third-order valence-electron chi connectivity index (χ3n) is 3.04. The zero-order valence-electron chi connectivity index (χ0n) is 13.4. The lowest BCUT2D eigenvalue weighted by molar-refractivity contribution is -0.881. The Morgan fingerprint density at radius 1 is 1.12 bits per heavy atom. The van der Waals surface area contributed by atoms with Crippen LogP contribution in [-0.4, -0.2) is 44.1 Å². The highest BCUT2D eigenvalue weighted by atomic mass is 19.1. The summed E-state index contributed by atoms with van der Waals surface area (Å²) in [5.41, 5.74) is -0.272. The minimum absolute atomic E-state index is 0.130. The quantitative estimate of drug-likeness (QED) is 0.654. The number of imide groups is 1. The second-order valence-corrected chi connectivity index (χ2v) is 4.90. The predicted octanol–water partition coefficient (Wildman–Crippen LogP) is 0.0808. The molecule has 1 atom stereocenters. The number of nitrogens with one attached hydrogen (secondary N) is 3. The van der Waals surface area contributed by atoms with Gasteiger partial charge in [0.1, 0.15) is 11.6 Å². The Morgan fingerprint density at radius 2 is 1.79 bits per heavy atom. The summed E-state index contributed by atoms with van der Waals surface area (Å²) in [6.45, 7) is 3.59. The van der Waals surface area contributed by atoms with Crippen molar-refractivity contribution in [2.45, 2.75) is 13.8 Å². The largest absolute Gasteiger partial charge is 0.450 e. The maximum atomic E-state index is 13.5. The summed E-state index contributed by atoms with van der Waals surface area (Å²) >= 11 is 0. The van der Waals surface area contributed by atoms with Crippen LogP contribution in [0.2, 0.25) is 0 Å². The van der Waals surface area contributed by atoms with E-state index < -0.39 is 29.5 Å². The molecule has 0 spiro atoms. The number of ether oxygens (including phenoxy) is 1. The van der Waals surface area contributed by atoms with Gasteiger partial charge < -0.3 is 15.0 Å². The Hall–Kier alpha value is -2.55. The van der Waals surface area contributed by atoms with Crippen molar-refractivity contribution in [2.75, 3.05) is 31.6 Å². The van der Waals surface area contributed by atoms with Gasteiger partial charge in [-0.1, -0.05) is 0 Å². The van der Waals surface area contributed by atoms with Crippen LogP contribution in [0.15, 0.2) is 18.2 Å². The van der Waals surface area contributed by atoms with Gasteiger partial charge in [0.15, 0.2) is 13.1 Å². The molecule has 1 aromatic rings. The highest BCUT2D eigenvalue weighted by Gasteiger charge is 2.19. The maximum Gasteiger partial charge on any atom is 0.414 e. The summed E-state index contributed by atoms with van der Waals surface area (Å²) in [6.07, 6.45) is -0.857. The lowest BCUT2D eigenvalue weighted by Crippen LogP contribution is -3.14. The van der Waals surface area contributed by atoms with Gasteiger partial charge in [-0.05, 0) is 26.0 Å². The fourth-order valence-electron chi connectivity index (χ4n) is 1.88. The lowest BCUT2D eigenvalue weighted by Gasteiger charge is -2.16. The van der Waals surface area contributed by atoms with Crippen molar-refractivity contribution >= 4 is 23.6 Å². The van der Waals surface area contributed by atoms with E-state index in [1.165, 1.54) is 0 Å². The molecule has 0 saturated heterocycles. The predicted molar refractivity (Wildman–Crippen MR) is 81.4 cm³/mol. The molecule has 0 saturated carbocycles. The average molecular weight is 344 g/mol. The Morgan fingerprint density at radius 3 is 2.42 bits per heavy atom. The second kappa shape index (κ2) is 9.56. The molecule has 0 bridgehead atoms. The molecule has 0 heterocycles. The minimum atomic E-state index is -0.857.